The molecule has 0 unspecified atom stereocenters. The van der Waals surface area contributed by atoms with Gasteiger partial charge in [-0.15, -0.1) is 0 Å². The average molecular weight is 408 g/mol. The lowest BCUT2D eigenvalue weighted by molar-refractivity contribution is 0.104. The van der Waals surface area contributed by atoms with Gasteiger partial charge in [-0.1, -0.05) is 77.8 Å². The third kappa shape index (κ3) is 3.35. The first kappa shape index (κ1) is 18.5. The molecular weight excluding hydrogens is 393 g/mol. The minimum Gasteiger partial charge on any atom is -0.497 e. The van der Waals surface area contributed by atoms with Crippen molar-refractivity contribution in [3.8, 4) is 16.9 Å². The number of hydrogen-bond donors (Lipinski definition) is 0. The van der Waals surface area contributed by atoms with Crippen LogP contribution in [0.2, 0.25) is 10.3 Å². The van der Waals surface area contributed by atoms with Crippen LogP contribution in [0.15, 0.2) is 72.8 Å². The molecule has 0 aliphatic rings. The molecule has 1 aromatic heterocycles. The number of carbonyl (C=O) groups is 1. The molecule has 3 aromatic carbocycles. The summed E-state index contributed by atoms with van der Waals surface area (Å²) in [4.78, 5) is 17.6. The molecule has 0 N–H and O–H groups in total. The van der Waals surface area contributed by atoms with E-state index in [1.165, 1.54) is 0 Å². The van der Waals surface area contributed by atoms with E-state index in [0.29, 0.717) is 21.9 Å². The van der Waals surface area contributed by atoms with Crippen LogP contribution in [0.3, 0.4) is 0 Å². The lowest BCUT2D eigenvalue weighted by Crippen LogP contribution is -2.05. The van der Waals surface area contributed by atoms with Crippen molar-refractivity contribution in [2.45, 2.75) is 0 Å². The third-order valence-electron chi connectivity index (χ3n) is 4.60. The van der Waals surface area contributed by atoms with Gasteiger partial charge in [-0.3, -0.25) is 4.79 Å². The molecule has 5 heteroatoms. The fourth-order valence-corrected chi connectivity index (χ4v) is 3.74. The minimum absolute atomic E-state index is 0.102. The van der Waals surface area contributed by atoms with Gasteiger partial charge in [-0.2, -0.15) is 0 Å². The topological polar surface area (TPSA) is 39.2 Å². The number of halogens is 2. The average Bonchev–Trinajstić information content (AvgIpc) is 2.73. The summed E-state index contributed by atoms with van der Waals surface area (Å²) in [5, 5.41) is 1.87. The van der Waals surface area contributed by atoms with E-state index in [2.05, 4.69) is 4.98 Å². The van der Waals surface area contributed by atoms with Crippen molar-refractivity contribution < 1.29 is 9.53 Å². The number of benzene rings is 3. The van der Waals surface area contributed by atoms with Crippen LogP contribution in [-0.2, 0) is 0 Å². The van der Waals surface area contributed by atoms with E-state index in [9.17, 15) is 4.79 Å². The molecule has 3 nitrogen and oxygen atoms in total. The predicted molar refractivity (Wildman–Crippen MR) is 114 cm³/mol. The standard InChI is InChI=1S/C23H15Cl2NO2/c1-28-16-9-7-14(8-10-16)17-11-12-18-19(13-20(24)26-23(18)25)21(17)22(27)15-5-3-2-4-6-15/h2-13H,1H3. The number of methoxy groups -OCH3 is 1. The largest absolute Gasteiger partial charge is 0.497 e. The van der Waals surface area contributed by atoms with Crippen LogP contribution in [-0.4, -0.2) is 17.9 Å². The second-order valence-electron chi connectivity index (χ2n) is 6.24. The number of nitrogens with zero attached hydrogens (tertiary/aromatic N) is 1. The lowest BCUT2D eigenvalue weighted by Gasteiger charge is -2.14. The van der Waals surface area contributed by atoms with Crippen molar-refractivity contribution in [3.05, 3.63) is 94.2 Å². The molecule has 0 saturated carbocycles. The molecule has 138 valence electrons. The summed E-state index contributed by atoms with van der Waals surface area (Å²) in [5.41, 5.74) is 2.82. The normalized spacial score (nSPS) is 10.8. The van der Waals surface area contributed by atoms with E-state index >= 15 is 0 Å². The molecule has 0 fully saturated rings. The first-order valence-electron chi connectivity index (χ1n) is 8.61. The van der Waals surface area contributed by atoms with Gasteiger partial charge in [0.25, 0.3) is 0 Å². The van der Waals surface area contributed by atoms with Gasteiger partial charge < -0.3 is 4.74 Å². The Morgan fingerprint density at radius 2 is 1.61 bits per heavy atom. The van der Waals surface area contributed by atoms with Crippen molar-refractivity contribution in [2.24, 2.45) is 0 Å². The highest BCUT2D eigenvalue weighted by molar-refractivity contribution is 6.37. The van der Waals surface area contributed by atoms with Crippen LogP contribution in [0.5, 0.6) is 5.75 Å². The van der Waals surface area contributed by atoms with E-state index in [1.807, 2.05) is 54.6 Å². The summed E-state index contributed by atoms with van der Waals surface area (Å²) in [5.74, 6) is 0.645. The van der Waals surface area contributed by atoms with Crippen molar-refractivity contribution in [2.75, 3.05) is 7.11 Å². The maximum atomic E-state index is 13.5. The number of hydrogen-bond acceptors (Lipinski definition) is 3. The number of ether oxygens (including phenoxy) is 1. The van der Waals surface area contributed by atoms with Crippen molar-refractivity contribution >= 4 is 39.8 Å². The second-order valence-corrected chi connectivity index (χ2v) is 6.99. The van der Waals surface area contributed by atoms with E-state index in [-0.39, 0.29) is 16.1 Å². The SMILES string of the molecule is COc1ccc(-c2ccc3c(Cl)nc(Cl)cc3c2C(=O)c2ccccc2)cc1. The molecule has 4 aromatic rings. The van der Waals surface area contributed by atoms with Crippen molar-refractivity contribution in [1.82, 2.24) is 4.98 Å². The van der Waals surface area contributed by atoms with E-state index in [0.717, 1.165) is 16.9 Å². The summed E-state index contributed by atoms with van der Waals surface area (Å²) in [6.07, 6.45) is 0. The molecule has 0 saturated heterocycles. The lowest BCUT2D eigenvalue weighted by atomic mass is 9.90. The molecule has 0 spiro atoms. The third-order valence-corrected chi connectivity index (χ3v) is 5.08. The van der Waals surface area contributed by atoms with Gasteiger partial charge in [0.2, 0.25) is 0 Å². The minimum atomic E-state index is -0.102. The maximum absolute atomic E-state index is 13.5. The monoisotopic (exact) mass is 407 g/mol. The Balaban J connectivity index is 2.02. The number of aromatic nitrogens is 1. The Kier molecular flexibility index (Phi) is 5.03. The molecular formula is C23H15Cl2NO2. The zero-order valence-corrected chi connectivity index (χ0v) is 16.5. The summed E-state index contributed by atoms with van der Waals surface area (Å²) in [6, 6.07) is 22.2. The highest BCUT2D eigenvalue weighted by atomic mass is 35.5. The summed E-state index contributed by atoms with van der Waals surface area (Å²) < 4.78 is 5.24. The fraction of sp³-hybridized carbons (Fsp3) is 0.0435. The van der Waals surface area contributed by atoms with Gasteiger partial charge in [-0.25, -0.2) is 4.98 Å². The van der Waals surface area contributed by atoms with Gasteiger partial charge >= 0.3 is 0 Å². The summed E-state index contributed by atoms with van der Waals surface area (Å²) in [7, 11) is 1.62. The number of rotatable bonds is 4. The molecule has 0 amide bonds. The molecule has 0 atom stereocenters. The van der Waals surface area contributed by atoms with Gasteiger partial charge in [0.05, 0.1) is 7.11 Å². The maximum Gasteiger partial charge on any atom is 0.194 e. The molecule has 0 aliphatic carbocycles. The predicted octanol–water partition coefficient (Wildman–Crippen LogP) is 6.45. The quantitative estimate of drug-likeness (QED) is 0.288. The Morgan fingerprint density at radius 3 is 2.29 bits per heavy atom. The molecule has 4 rings (SSSR count). The van der Waals surface area contributed by atoms with Crippen LogP contribution in [0.4, 0.5) is 0 Å². The van der Waals surface area contributed by atoms with Gasteiger partial charge in [-0.05, 0) is 34.7 Å². The zero-order chi connectivity index (χ0) is 19.7. The Bertz CT molecular complexity index is 1170. The van der Waals surface area contributed by atoms with Crippen LogP contribution in [0, 0.1) is 0 Å². The highest BCUT2D eigenvalue weighted by Gasteiger charge is 2.20. The van der Waals surface area contributed by atoms with Crippen LogP contribution >= 0.6 is 23.2 Å². The number of fused-ring (bicyclic) bond motifs is 1. The number of carbonyl (C=O) groups excluding carboxylic acids is 1. The Morgan fingerprint density at radius 1 is 0.893 bits per heavy atom. The fourth-order valence-electron chi connectivity index (χ4n) is 3.24. The Hall–Kier alpha value is -2.88. The van der Waals surface area contributed by atoms with E-state index < -0.39 is 0 Å². The summed E-state index contributed by atoms with van der Waals surface area (Å²) >= 11 is 12.5. The highest BCUT2D eigenvalue weighted by Crippen LogP contribution is 2.36. The zero-order valence-electron chi connectivity index (χ0n) is 14.9. The first-order chi connectivity index (χ1) is 13.6. The Labute approximate surface area is 172 Å². The first-order valence-corrected chi connectivity index (χ1v) is 9.37. The molecule has 1 heterocycles. The van der Waals surface area contributed by atoms with Crippen LogP contribution < -0.4 is 4.74 Å². The van der Waals surface area contributed by atoms with E-state index in [4.69, 9.17) is 27.9 Å². The second kappa shape index (κ2) is 7.63. The summed E-state index contributed by atoms with van der Waals surface area (Å²) in [6.45, 7) is 0. The number of pyridine rings is 1. The smallest absolute Gasteiger partial charge is 0.194 e. The van der Waals surface area contributed by atoms with Gasteiger partial charge in [0.1, 0.15) is 16.1 Å². The van der Waals surface area contributed by atoms with E-state index in [1.54, 1.807) is 25.3 Å². The van der Waals surface area contributed by atoms with Crippen molar-refractivity contribution in [1.29, 1.82) is 0 Å². The molecule has 0 aliphatic heterocycles. The van der Waals surface area contributed by atoms with Gasteiger partial charge in [0.15, 0.2) is 5.78 Å². The molecule has 28 heavy (non-hydrogen) atoms. The molecule has 0 bridgehead atoms. The number of ketones is 1. The van der Waals surface area contributed by atoms with Crippen LogP contribution in [0.1, 0.15) is 15.9 Å². The molecule has 0 radical (unpaired) electrons. The van der Waals surface area contributed by atoms with Crippen molar-refractivity contribution in [3.63, 3.8) is 0 Å². The van der Waals surface area contributed by atoms with Crippen LogP contribution in [0.25, 0.3) is 21.9 Å². The van der Waals surface area contributed by atoms with Gasteiger partial charge in [0, 0.05) is 16.5 Å².